The number of rotatable bonds is 6. The van der Waals surface area contributed by atoms with E-state index in [1.165, 1.54) is 24.0 Å². The van der Waals surface area contributed by atoms with E-state index < -0.39 is 0 Å². The number of benzene rings is 1. The average Bonchev–Trinajstić information content (AvgIpc) is 3.31. The molecule has 0 spiro atoms. The zero-order chi connectivity index (χ0) is 18.5. The molecule has 2 bridgehead atoms. The van der Waals surface area contributed by atoms with E-state index in [0.29, 0.717) is 24.8 Å². The van der Waals surface area contributed by atoms with Crippen LogP contribution in [0.25, 0.3) is 0 Å². The van der Waals surface area contributed by atoms with Gasteiger partial charge in [-0.1, -0.05) is 24.3 Å². The molecule has 1 aromatic carbocycles. The van der Waals surface area contributed by atoms with Crippen LogP contribution in [0.1, 0.15) is 37.3 Å². The Morgan fingerprint density at radius 1 is 1.19 bits per heavy atom. The van der Waals surface area contributed by atoms with E-state index in [9.17, 15) is 0 Å². The number of ether oxygens (including phenoxy) is 2. The van der Waals surface area contributed by atoms with E-state index in [4.69, 9.17) is 14.5 Å². The van der Waals surface area contributed by atoms with Crippen LogP contribution in [0.5, 0.6) is 0 Å². The van der Waals surface area contributed by atoms with Gasteiger partial charge in [0.05, 0.1) is 38.0 Å². The molecule has 3 saturated heterocycles. The lowest BCUT2D eigenvalue weighted by molar-refractivity contribution is 0.0341. The molecule has 27 heavy (non-hydrogen) atoms. The zero-order valence-corrected chi connectivity index (χ0v) is 16.3. The minimum Gasteiger partial charge on any atom is -0.379 e. The van der Waals surface area contributed by atoms with Crippen molar-refractivity contribution in [2.75, 3.05) is 32.8 Å². The molecule has 148 valence electrons. The third kappa shape index (κ3) is 4.81. The van der Waals surface area contributed by atoms with E-state index in [0.717, 1.165) is 51.8 Å². The summed E-state index contributed by atoms with van der Waals surface area (Å²) in [5, 5.41) is 7.00. The van der Waals surface area contributed by atoms with Gasteiger partial charge in [0.25, 0.3) is 0 Å². The molecule has 1 aromatic rings. The third-order valence-electron chi connectivity index (χ3n) is 5.80. The molecule has 3 unspecified atom stereocenters. The monoisotopic (exact) mass is 372 g/mol. The number of fused-ring (bicyclic) bond motifs is 2. The predicted octanol–water partition coefficient (Wildman–Crippen LogP) is 1.89. The van der Waals surface area contributed by atoms with Crippen molar-refractivity contribution in [1.29, 1.82) is 0 Å². The first kappa shape index (κ1) is 18.7. The van der Waals surface area contributed by atoms with Crippen molar-refractivity contribution >= 4 is 5.96 Å². The number of nitrogens with zero attached hydrogens (tertiary/aromatic N) is 2. The largest absolute Gasteiger partial charge is 0.379 e. The van der Waals surface area contributed by atoms with Gasteiger partial charge < -0.3 is 20.1 Å². The molecule has 0 aliphatic carbocycles. The molecule has 6 nitrogen and oxygen atoms in total. The van der Waals surface area contributed by atoms with E-state index in [1.807, 2.05) is 0 Å². The third-order valence-corrected chi connectivity index (χ3v) is 5.80. The van der Waals surface area contributed by atoms with Gasteiger partial charge in [-0.15, -0.1) is 0 Å². The molecule has 0 aromatic heterocycles. The number of hydrogen-bond donors (Lipinski definition) is 2. The van der Waals surface area contributed by atoms with Gasteiger partial charge in [0.2, 0.25) is 0 Å². The molecule has 0 amide bonds. The van der Waals surface area contributed by atoms with Crippen molar-refractivity contribution in [3.63, 3.8) is 0 Å². The molecular weight excluding hydrogens is 340 g/mol. The molecule has 3 aliphatic heterocycles. The summed E-state index contributed by atoms with van der Waals surface area (Å²) < 4.78 is 11.4. The average molecular weight is 373 g/mol. The van der Waals surface area contributed by atoms with Gasteiger partial charge in [-0.3, -0.25) is 4.90 Å². The van der Waals surface area contributed by atoms with Crippen LogP contribution < -0.4 is 10.6 Å². The molecule has 4 rings (SSSR count). The summed E-state index contributed by atoms with van der Waals surface area (Å²) in [5.74, 6) is 0.903. The number of hydrogen-bond acceptors (Lipinski definition) is 4. The first-order valence-corrected chi connectivity index (χ1v) is 10.4. The van der Waals surface area contributed by atoms with Crippen molar-refractivity contribution < 1.29 is 9.47 Å². The van der Waals surface area contributed by atoms with Crippen LogP contribution in [0.15, 0.2) is 29.3 Å². The van der Waals surface area contributed by atoms with Gasteiger partial charge in [-0.2, -0.15) is 0 Å². The fraction of sp³-hybridized carbons (Fsp3) is 0.667. The first-order chi connectivity index (χ1) is 13.3. The van der Waals surface area contributed by atoms with Gasteiger partial charge in [-0.05, 0) is 37.3 Å². The van der Waals surface area contributed by atoms with Crippen molar-refractivity contribution in [2.24, 2.45) is 4.99 Å². The molecule has 3 heterocycles. The van der Waals surface area contributed by atoms with E-state index in [-0.39, 0.29) is 0 Å². The van der Waals surface area contributed by atoms with E-state index in [1.54, 1.807) is 0 Å². The van der Waals surface area contributed by atoms with Gasteiger partial charge in [0.15, 0.2) is 5.96 Å². The molecule has 3 aliphatic rings. The Morgan fingerprint density at radius 3 is 2.70 bits per heavy atom. The first-order valence-electron chi connectivity index (χ1n) is 10.4. The van der Waals surface area contributed by atoms with Crippen LogP contribution >= 0.6 is 0 Å². The molecule has 0 radical (unpaired) electrons. The topological polar surface area (TPSA) is 58.1 Å². The van der Waals surface area contributed by atoms with Crippen LogP contribution in [0.2, 0.25) is 0 Å². The maximum Gasteiger partial charge on any atom is 0.191 e. The van der Waals surface area contributed by atoms with Crippen LogP contribution in [-0.4, -0.2) is 62.0 Å². The van der Waals surface area contributed by atoms with Crippen molar-refractivity contribution in [2.45, 2.75) is 57.5 Å². The summed E-state index contributed by atoms with van der Waals surface area (Å²) in [5.41, 5.74) is 2.66. The zero-order valence-electron chi connectivity index (χ0n) is 16.3. The Morgan fingerprint density at radius 2 is 2.00 bits per heavy atom. The highest BCUT2D eigenvalue weighted by molar-refractivity contribution is 5.80. The Kier molecular flexibility index (Phi) is 6.27. The summed E-state index contributed by atoms with van der Waals surface area (Å²) in [7, 11) is 0. The second kappa shape index (κ2) is 9.04. The number of morpholine rings is 1. The predicted molar refractivity (Wildman–Crippen MR) is 107 cm³/mol. The fourth-order valence-corrected chi connectivity index (χ4v) is 4.32. The summed E-state index contributed by atoms with van der Waals surface area (Å²) in [6.07, 6.45) is 4.29. The second-order valence-corrected chi connectivity index (χ2v) is 7.71. The lowest BCUT2D eigenvalue weighted by atomic mass is 9.96. The minimum atomic E-state index is 0.354. The Hall–Kier alpha value is -1.63. The molecule has 6 heteroatoms. The van der Waals surface area contributed by atoms with Crippen LogP contribution in [-0.2, 0) is 22.6 Å². The highest BCUT2D eigenvalue weighted by atomic mass is 16.5. The SMILES string of the molecule is CCNC(=NCc1ccccc1CN1CCOCC1)NC1CC2CCC1O2. The Balaban J connectivity index is 1.40. The lowest BCUT2D eigenvalue weighted by Gasteiger charge is -2.27. The minimum absolute atomic E-state index is 0.354. The van der Waals surface area contributed by atoms with E-state index >= 15 is 0 Å². The van der Waals surface area contributed by atoms with Gasteiger partial charge in [0.1, 0.15) is 0 Å². The number of aliphatic imine (C=N–C) groups is 1. The smallest absolute Gasteiger partial charge is 0.191 e. The highest BCUT2D eigenvalue weighted by Gasteiger charge is 2.41. The second-order valence-electron chi connectivity index (χ2n) is 7.71. The van der Waals surface area contributed by atoms with Crippen LogP contribution in [0.4, 0.5) is 0 Å². The Bertz CT molecular complexity index is 645. The fourth-order valence-electron chi connectivity index (χ4n) is 4.32. The molecular formula is C21H32N4O2. The standard InChI is InChI=1S/C21H32N4O2/c1-2-22-21(24-19-13-18-7-8-20(19)27-18)23-14-16-5-3-4-6-17(16)15-25-9-11-26-12-10-25/h3-6,18-20H,2,7-15H2,1H3,(H2,22,23,24). The van der Waals surface area contributed by atoms with Crippen molar-refractivity contribution in [3.05, 3.63) is 35.4 Å². The van der Waals surface area contributed by atoms with Crippen LogP contribution in [0.3, 0.4) is 0 Å². The maximum absolute atomic E-state index is 5.97. The van der Waals surface area contributed by atoms with Gasteiger partial charge in [-0.25, -0.2) is 4.99 Å². The van der Waals surface area contributed by atoms with Gasteiger partial charge in [0, 0.05) is 26.2 Å². The summed E-state index contributed by atoms with van der Waals surface area (Å²) >= 11 is 0. The summed E-state index contributed by atoms with van der Waals surface area (Å²) in [6.45, 7) is 8.32. The quantitative estimate of drug-likeness (QED) is 0.590. The maximum atomic E-state index is 5.97. The van der Waals surface area contributed by atoms with Crippen molar-refractivity contribution in [3.8, 4) is 0 Å². The normalized spacial score (nSPS) is 28.5. The summed E-state index contributed by atoms with van der Waals surface area (Å²) in [6, 6.07) is 9.05. The Labute approximate surface area is 162 Å². The number of nitrogens with one attached hydrogen (secondary N) is 2. The molecule has 2 N–H and O–H groups in total. The van der Waals surface area contributed by atoms with E-state index in [2.05, 4.69) is 46.7 Å². The molecule has 0 saturated carbocycles. The van der Waals surface area contributed by atoms with Gasteiger partial charge >= 0.3 is 0 Å². The number of guanidine groups is 1. The summed E-state index contributed by atoms with van der Waals surface area (Å²) in [4.78, 5) is 7.34. The van der Waals surface area contributed by atoms with Crippen LogP contribution in [0, 0.1) is 0 Å². The molecule has 3 atom stereocenters. The molecule has 3 fully saturated rings. The lowest BCUT2D eigenvalue weighted by Crippen LogP contribution is -2.47. The van der Waals surface area contributed by atoms with Crippen molar-refractivity contribution in [1.82, 2.24) is 15.5 Å². The highest BCUT2D eigenvalue weighted by Crippen LogP contribution is 2.34.